The van der Waals surface area contributed by atoms with E-state index >= 15 is 0 Å². The van der Waals surface area contributed by atoms with Gasteiger partial charge in [0.2, 0.25) is 0 Å². The Kier molecular flexibility index (Phi) is 4.88. The number of rotatable bonds is 6. The summed E-state index contributed by atoms with van der Waals surface area (Å²) in [4.78, 5) is 11.2. The lowest BCUT2D eigenvalue weighted by Crippen LogP contribution is -2.46. The van der Waals surface area contributed by atoms with E-state index < -0.39 is 0 Å². The number of hydrogen-bond acceptors (Lipinski definition) is 3. The lowest BCUT2D eigenvalue weighted by molar-refractivity contribution is -0.138. The van der Waals surface area contributed by atoms with Crippen molar-refractivity contribution >= 4 is 6.09 Å². The summed E-state index contributed by atoms with van der Waals surface area (Å²) in [5.41, 5.74) is 0.0854. The number of carbonyl (C=O) groups is 1. The lowest BCUT2D eigenvalue weighted by Gasteiger charge is -2.39. The SMILES string of the molecule is CCCCNC(=O)OCC1(CC)COC1. The van der Waals surface area contributed by atoms with E-state index in [2.05, 4.69) is 19.2 Å². The number of ether oxygens (including phenoxy) is 2. The van der Waals surface area contributed by atoms with Crippen molar-refractivity contribution < 1.29 is 14.3 Å². The first kappa shape index (κ1) is 12.3. The van der Waals surface area contributed by atoms with Crippen LogP contribution in [0.25, 0.3) is 0 Å². The zero-order valence-corrected chi connectivity index (χ0v) is 9.67. The van der Waals surface area contributed by atoms with Gasteiger partial charge in [-0.1, -0.05) is 20.3 Å². The Balaban J connectivity index is 2.10. The van der Waals surface area contributed by atoms with Crippen LogP contribution < -0.4 is 5.32 Å². The predicted octanol–water partition coefficient (Wildman–Crippen LogP) is 1.94. The summed E-state index contributed by atoms with van der Waals surface area (Å²) in [5.74, 6) is 0. The summed E-state index contributed by atoms with van der Waals surface area (Å²) < 4.78 is 10.3. The Morgan fingerprint density at radius 1 is 1.47 bits per heavy atom. The van der Waals surface area contributed by atoms with Crippen molar-refractivity contribution in [3.8, 4) is 0 Å². The summed E-state index contributed by atoms with van der Waals surface area (Å²) in [6.45, 7) is 6.79. The standard InChI is InChI=1S/C11H21NO3/c1-3-5-6-12-10(13)15-9-11(4-2)7-14-8-11/h3-9H2,1-2H3,(H,12,13). The molecule has 15 heavy (non-hydrogen) atoms. The number of amides is 1. The topological polar surface area (TPSA) is 47.6 Å². The number of unbranched alkanes of at least 4 members (excludes halogenated alkanes) is 1. The average Bonchev–Trinajstić information content (AvgIpc) is 2.17. The molecule has 1 aliphatic rings. The van der Waals surface area contributed by atoms with Gasteiger partial charge in [-0.25, -0.2) is 4.79 Å². The quantitative estimate of drug-likeness (QED) is 0.689. The number of alkyl carbamates (subject to hydrolysis) is 1. The molecule has 0 saturated carbocycles. The van der Waals surface area contributed by atoms with Crippen molar-refractivity contribution in [1.29, 1.82) is 0 Å². The molecule has 4 nitrogen and oxygen atoms in total. The van der Waals surface area contributed by atoms with Crippen LogP contribution in [0.15, 0.2) is 0 Å². The minimum Gasteiger partial charge on any atom is -0.449 e. The van der Waals surface area contributed by atoms with Crippen LogP contribution in [0.4, 0.5) is 4.79 Å². The molecule has 1 amide bonds. The zero-order valence-electron chi connectivity index (χ0n) is 9.67. The molecule has 1 saturated heterocycles. The fourth-order valence-electron chi connectivity index (χ4n) is 1.42. The molecule has 0 spiro atoms. The van der Waals surface area contributed by atoms with Crippen LogP contribution >= 0.6 is 0 Å². The van der Waals surface area contributed by atoms with Crippen LogP contribution in [0.2, 0.25) is 0 Å². The maximum atomic E-state index is 11.2. The maximum Gasteiger partial charge on any atom is 0.407 e. The highest BCUT2D eigenvalue weighted by molar-refractivity contribution is 5.67. The molecule has 1 fully saturated rings. The molecular formula is C11H21NO3. The Bertz CT molecular complexity index is 196. The van der Waals surface area contributed by atoms with E-state index in [-0.39, 0.29) is 11.5 Å². The van der Waals surface area contributed by atoms with E-state index in [9.17, 15) is 4.79 Å². The molecule has 1 heterocycles. The van der Waals surface area contributed by atoms with E-state index in [1.807, 2.05) is 0 Å². The minimum atomic E-state index is -0.303. The summed E-state index contributed by atoms with van der Waals surface area (Å²) in [6.07, 6.45) is 2.77. The van der Waals surface area contributed by atoms with Crippen molar-refractivity contribution in [2.24, 2.45) is 5.41 Å². The van der Waals surface area contributed by atoms with Gasteiger partial charge < -0.3 is 14.8 Å². The summed E-state index contributed by atoms with van der Waals surface area (Å²) >= 11 is 0. The first-order chi connectivity index (χ1) is 7.22. The second-order valence-electron chi connectivity index (χ2n) is 4.20. The van der Waals surface area contributed by atoms with Gasteiger partial charge in [-0.3, -0.25) is 0 Å². The smallest absolute Gasteiger partial charge is 0.407 e. The van der Waals surface area contributed by atoms with Gasteiger partial charge in [-0.15, -0.1) is 0 Å². The highest BCUT2D eigenvalue weighted by Gasteiger charge is 2.38. The molecule has 1 aliphatic heterocycles. The van der Waals surface area contributed by atoms with Gasteiger partial charge >= 0.3 is 6.09 Å². The lowest BCUT2D eigenvalue weighted by atomic mass is 9.84. The molecular weight excluding hydrogens is 194 g/mol. The second kappa shape index (κ2) is 5.95. The van der Waals surface area contributed by atoms with Crippen molar-refractivity contribution in [3.63, 3.8) is 0 Å². The molecule has 88 valence electrons. The molecule has 0 bridgehead atoms. The van der Waals surface area contributed by atoms with Crippen LogP contribution in [0.1, 0.15) is 33.1 Å². The van der Waals surface area contributed by atoms with Gasteiger partial charge in [0.25, 0.3) is 0 Å². The Morgan fingerprint density at radius 3 is 2.67 bits per heavy atom. The third-order valence-electron chi connectivity index (χ3n) is 2.88. The maximum absolute atomic E-state index is 11.2. The number of hydrogen-bond donors (Lipinski definition) is 1. The molecule has 1 rings (SSSR count). The van der Waals surface area contributed by atoms with Gasteiger partial charge in [0, 0.05) is 6.54 Å². The Hall–Kier alpha value is -0.770. The van der Waals surface area contributed by atoms with Crippen LogP contribution in [-0.2, 0) is 9.47 Å². The van der Waals surface area contributed by atoms with Gasteiger partial charge in [0.15, 0.2) is 0 Å². The number of carbonyl (C=O) groups excluding carboxylic acids is 1. The first-order valence-corrected chi connectivity index (χ1v) is 5.71. The highest BCUT2D eigenvalue weighted by Crippen LogP contribution is 2.31. The zero-order chi connectivity index (χ0) is 11.1. The summed E-state index contributed by atoms with van der Waals surface area (Å²) in [6, 6.07) is 0. The monoisotopic (exact) mass is 215 g/mol. The predicted molar refractivity (Wildman–Crippen MR) is 57.8 cm³/mol. The van der Waals surface area contributed by atoms with E-state index in [4.69, 9.17) is 9.47 Å². The molecule has 0 aromatic carbocycles. The van der Waals surface area contributed by atoms with E-state index in [0.29, 0.717) is 26.4 Å². The van der Waals surface area contributed by atoms with Gasteiger partial charge in [-0.2, -0.15) is 0 Å². The third kappa shape index (κ3) is 3.70. The molecule has 0 unspecified atom stereocenters. The molecule has 0 aromatic heterocycles. The van der Waals surface area contributed by atoms with E-state index in [1.165, 1.54) is 0 Å². The third-order valence-corrected chi connectivity index (χ3v) is 2.88. The normalized spacial score (nSPS) is 18.0. The summed E-state index contributed by atoms with van der Waals surface area (Å²) in [7, 11) is 0. The van der Waals surface area contributed by atoms with Crippen LogP contribution in [0.3, 0.4) is 0 Å². The first-order valence-electron chi connectivity index (χ1n) is 5.71. The highest BCUT2D eigenvalue weighted by atomic mass is 16.6. The molecule has 0 radical (unpaired) electrons. The minimum absolute atomic E-state index is 0.0854. The molecule has 0 atom stereocenters. The van der Waals surface area contributed by atoms with Crippen molar-refractivity contribution in [3.05, 3.63) is 0 Å². The van der Waals surface area contributed by atoms with Gasteiger partial charge in [0.1, 0.15) is 6.61 Å². The second-order valence-corrected chi connectivity index (χ2v) is 4.20. The molecule has 0 aliphatic carbocycles. The van der Waals surface area contributed by atoms with Crippen molar-refractivity contribution in [2.45, 2.75) is 33.1 Å². The van der Waals surface area contributed by atoms with Crippen molar-refractivity contribution in [2.75, 3.05) is 26.4 Å². The number of nitrogens with one attached hydrogen (secondary N) is 1. The fourth-order valence-corrected chi connectivity index (χ4v) is 1.42. The summed E-state index contributed by atoms with van der Waals surface area (Å²) in [5, 5.41) is 2.73. The van der Waals surface area contributed by atoms with Gasteiger partial charge in [-0.05, 0) is 12.8 Å². The van der Waals surface area contributed by atoms with E-state index in [1.54, 1.807) is 0 Å². The van der Waals surface area contributed by atoms with Crippen LogP contribution in [0.5, 0.6) is 0 Å². The largest absolute Gasteiger partial charge is 0.449 e. The molecule has 1 N–H and O–H groups in total. The fraction of sp³-hybridized carbons (Fsp3) is 0.909. The average molecular weight is 215 g/mol. The molecule has 0 aromatic rings. The van der Waals surface area contributed by atoms with E-state index in [0.717, 1.165) is 19.3 Å². The Morgan fingerprint density at radius 2 is 2.20 bits per heavy atom. The van der Waals surface area contributed by atoms with Gasteiger partial charge in [0.05, 0.1) is 18.6 Å². The molecule has 4 heteroatoms. The van der Waals surface area contributed by atoms with Crippen molar-refractivity contribution in [1.82, 2.24) is 5.32 Å². The van der Waals surface area contributed by atoms with Crippen LogP contribution in [0, 0.1) is 5.41 Å². The van der Waals surface area contributed by atoms with Crippen LogP contribution in [-0.4, -0.2) is 32.5 Å². The Labute approximate surface area is 91.3 Å².